The lowest BCUT2D eigenvalue weighted by Crippen LogP contribution is -2.36. The standard InChI is InChI=1S/C23H29NO6S/c1-17-20(29-2)14-19(15-21(17)30-3)23(27)24(12-13-31(28)16-22(25)26)11-7-10-18-8-5-4-6-9-18/h4-6,8-9,14-15H,7,10-13,16H2,1-3H3,(H,25,26). The van der Waals surface area contributed by atoms with E-state index in [1.807, 2.05) is 37.3 Å². The summed E-state index contributed by atoms with van der Waals surface area (Å²) in [4.78, 5) is 25.7. The number of ether oxygens (including phenoxy) is 2. The highest BCUT2D eigenvalue weighted by atomic mass is 32.2. The summed E-state index contributed by atoms with van der Waals surface area (Å²) in [6, 6.07) is 13.3. The molecule has 0 radical (unpaired) electrons. The SMILES string of the molecule is COc1cc(C(=O)N(CCCc2ccccc2)CCS(=O)CC(=O)O)cc(OC)c1C. The van der Waals surface area contributed by atoms with E-state index in [1.165, 1.54) is 19.8 Å². The first-order valence-corrected chi connectivity index (χ1v) is 11.5. The van der Waals surface area contributed by atoms with Crippen LogP contribution in [0.4, 0.5) is 0 Å². The summed E-state index contributed by atoms with van der Waals surface area (Å²) in [5.41, 5.74) is 2.37. The van der Waals surface area contributed by atoms with Crippen molar-refractivity contribution in [3.8, 4) is 11.5 Å². The van der Waals surface area contributed by atoms with Gasteiger partial charge in [-0.05, 0) is 37.5 Å². The van der Waals surface area contributed by atoms with E-state index in [2.05, 4.69) is 0 Å². The summed E-state index contributed by atoms with van der Waals surface area (Å²) in [6.45, 7) is 2.50. The van der Waals surface area contributed by atoms with Crippen molar-refractivity contribution >= 4 is 22.7 Å². The van der Waals surface area contributed by atoms with Crippen molar-refractivity contribution in [3.63, 3.8) is 0 Å². The first-order chi connectivity index (χ1) is 14.8. The number of hydrogen-bond acceptors (Lipinski definition) is 5. The number of carboxylic acid groups (broad SMARTS) is 1. The molecule has 7 nitrogen and oxygen atoms in total. The van der Waals surface area contributed by atoms with Gasteiger partial charge in [0.05, 0.1) is 14.2 Å². The van der Waals surface area contributed by atoms with Gasteiger partial charge in [-0.1, -0.05) is 30.3 Å². The van der Waals surface area contributed by atoms with Crippen LogP contribution in [0.3, 0.4) is 0 Å². The lowest BCUT2D eigenvalue weighted by atomic mass is 10.1. The number of rotatable bonds is 12. The number of carboxylic acids is 1. The van der Waals surface area contributed by atoms with Gasteiger partial charge >= 0.3 is 5.97 Å². The molecular formula is C23H29NO6S. The third-order valence-electron chi connectivity index (χ3n) is 4.90. The number of methoxy groups -OCH3 is 2. The molecule has 1 unspecified atom stereocenters. The van der Waals surface area contributed by atoms with E-state index < -0.39 is 22.5 Å². The number of aliphatic carboxylic acids is 1. The number of carbonyl (C=O) groups is 2. The fraction of sp³-hybridized carbons (Fsp3) is 0.391. The maximum atomic E-state index is 13.3. The third-order valence-corrected chi connectivity index (χ3v) is 6.10. The predicted molar refractivity (Wildman–Crippen MR) is 120 cm³/mol. The second-order valence-corrected chi connectivity index (χ2v) is 8.65. The minimum Gasteiger partial charge on any atom is -0.496 e. The fourth-order valence-electron chi connectivity index (χ4n) is 3.25. The number of carbonyl (C=O) groups excluding carboxylic acids is 1. The molecule has 1 atom stereocenters. The Hall–Kier alpha value is -2.87. The van der Waals surface area contributed by atoms with E-state index in [-0.39, 0.29) is 18.2 Å². The summed E-state index contributed by atoms with van der Waals surface area (Å²) in [6.07, 6.45) is 1.52. The van der Waals surface area contributed by atoms with Crippen molar-refractivity contribution in [2.45, 2.75) is 19.8 Å². The minimum atomic E-state index is -1.54. The molecule has 0 fully saturated rings. The van der Waals surface area contributed by atoms with E-state index in [0.29, 0.717) is 23.6 Å². The smallest absolute Gasteiger partial charge is 0.316 e. The number of hydrogen-bond donors (Lipinski definition) is 1. The Balaban J connectivity index is 2.18. The number of nitrogens with zero attached hydrogens (tertiary/aromatic N) is 1. The molecule has 0 heterocycles. The van der Waals surface area contributed by atoms with E-state index in [9.17, 15) is 13.8 Å². The first kappa shape index (κ1) is 24.4. The summed E-state index contributed by atoms with van der Waals surface area (Å²) >= 11 is 0. The molecule has 8 heteroatoms. The molecule has 0 spiro atoms. The third kappa shape index (κ3) is 7.40. The predicted octanol–water partition coefficient (Wildman–Crippen LogP) is 2.92. The van der Waals surface area contributed by atoms with Gasteiger partial charge in [0.15, 0.2) is 0 Å². The van der Waals surface area contributed by atoms with Crippen LogP contribution < -0.4 is 9.47 Å². The summed E-state index contributed by atoms with van der Waals surface area (Å²) < 4.78 is 22.8. The van der Waals surface area contributed by atoms with Crippen LogP contribution in [0.5, 0.6) is 11.5 Å². The Labute approximate surface area is 185 Å². The first-order valence-electron chi connectivity index (χ1n) is 9.98. The van der Waals surface area contributed by atoms with Crippen LogP contribution in [0.1, 0.15) is 27.9 Å². The van der Waals surface area contributed by atoms with Crippen LogP contribution in [0, 0.1) is 6.92 Å². The molecule has 1 N–H and O–H groups in total. The number of aryl methyl sites for hydroxylation is 1. The van der Waals surface area contributed by atoms with Gasteiger partial charge in [-0.25, -0.2) is 0 Å². The van der Waals surface area contributed by atoms with Crippen LogP contribution in [0.2, 0.25) is 0 Å². The van der Waals surface area contributed by atoms with Gasteiger partial charge in [0.1, 0.15) is 17.3 Å². The molecule has 31 heavy (non-hydrogen) atoms. The van der Waals surface area contributed by atoms with Gasteiger partial charge in [0, 0.05) is 40.8 Å². The molecule has 0 saturated heterocycles. The molecule has 2 aromatic carbocycles. The minimum absolute atomic E-state index is 0.101. The molecule has 168 valence electrons. The van der Waals surface area contributed by atoms with E-state index >= 15 is 0 Å². The molecule has 0 aliphatic rings. The molecule has 2 rings (SSSR count). The Morgan fingerprint density at radius 3 is 2.19 bits per heavy atom. The topological polar surface area (TPSA) is 93.1 Å². The molecule has 0 aliphatic heterocycles. The van der Waals surface area contributed by atoms with Gasteiger partial charge < -0.3 is 19.5 Å². The average molecular weight is 448 g/mol. The van der Waals surface area contributed by atoms with Crippen LogP contribution in [-0.2, 0) is 22.0 Å². The van der Waals surface area contributed by atoms with Gasteiger partial charge in [-0.2, -0.15) is 0 Å². The van der Waals surface area contributed by atoms with Crippen molar-refractivity contribution in [1.29, 1.82) is 0 Å². The molecule has 0 saturated carbocycles. The number of benzene rings is 2. The quantitative estimate of drug-likeness (QED) is 0.538. The second kappa shape index (κ2) is 12.1. The lowest BCUT2D eigenvalue weighted by molar-refractivity contribution is -0.133. The average Bonchev–Trinajstić information content (AvgIpc) is 2.76. The van der Waals surface area contributed by atoms with Crippen LogP contribution in [0.25, 0.3) is 0 Å². The molecule has 0 bridgehead atoms. The molecule has 0 aliphatic carbocycles. The Morgan fingerprint density at radius 1 is 1.03 bits per heavy atom. The maximum Gasteiger partial charge on any atom is 0.316 e. The van der Waals surface area contributed by atoms with Crippen molar-refractivity contribution < 1.29 is 28.4 Å². The van der Waals surface area contributed by atoms with Gasteiger partial charge in [-0.15, -0.1) is 0 Å². The highest BCUT2D eigenvalue weighted by Gasteiger charge is 2.20. The van der Waals surface area contributed by atoms with Crippen LogP contribution in [-0.4, -0.2) is 64.9 Å². The molecular weight excluding hydrogens is 418 g/mol. The molecule has 1 amide bonds. The zero-order valence-electron chi connectivity index (χ0n) is 18.1. The largest absolute Gasteiger partial charge is 0.496 e. The number of amides is 1. The maximum absolute atomic E-state index is 13.3. The van der Waals surface area contributed by atoms with Crippen LogP contribution in [0.15, 0.2) is 42.5 Å². The Kier molecular flexibility index (Phi) is 9.52. The normalized spacial score (nSPS) is 11.6. The molecule has 0 aromatic heterocycles. The van der Waals surface area contributed by atoms with Gasteiger partial charge in [-0.3, -0.25) is 13.8 Å². The lowest BCUT2D eigenvalue weighted by Gasteiger charge is -2.23. The van der Waals surface area contributed by atoms with Crippen molar-refractivity contribution in [1.82, 2.24) is 4.90 Å². The highest BCUT2D eigenvalue weighted by molar-refractivity contribution is 7.85. The van der Waals surface area contributed by atoms with Gasteiger partial charge in [0.25, 0.3) is 5.91 Å². The summed E-state index contributed by atoms with van der Waals surface area (Å²) in [7, 11) is 1.52. The zero-order chi connectivity index (χ0) is 22.8. The van der Waals surface area contributed by atoms with Crippen molar-refractivity contribution in [3.05, 3.63) is 59.2 Å². The summed E-state index contributed by atoms with van der Waals surface area (Å²) in [5, 5.41) is 8.84. The fourth-order valence-corrected chi connectivity index (χ4v) is 4.09. The second-order valence-electron chi connectivity index (χ2n) is 7.07. The van der Waals surface area contributed by atoms with E-state index in [0.717, 1.165) is 18.4 Å². The summed E-state index contributed by atoms with van der Waals surface area (Å²) in [5.74, 6) is -0.602. The monoisotopic (exact) mass is 447 g/mol. The highest BCUT2D eigenvalue weighted by Crippen LogP contribution is 2.30. The van der Waals surface area contributed by atoms with E-state index in [1.54, 1.807) is 17.0 Å². The van der Waals surface area contributed by atoms with Gasteiger partial charge in [0.2, 0.25) is 0 Å². The van der Waals surface area contributed by atoms with Crippen molar-refractivity contribution in [2.75, 3.05) is 38.8 Å². The van der Waals surface area contributed by atoms with Crippen molar-refractivity contribution in [2.24, 2.45) is 0 Å². The van der Waals surface area contributed by atoms with E-state index in [4.69, 9.17) is 14.6 Å². The Morgan fingerprint density at radius 2 is 1.65 bits per heavy atom. The Bertz CT molecular complexity index is 891. The zero-order valence-corrected chi connectivity index (χ0v) is 18.9. The van der Waals surface area contributed by atoms with Crippen LogP contribution >= 0.6 is 0 Å². The molecule has 2 aromatic rings.